The molecule has 0 spiro atoms. The molecule has 0 atom stereocenters. The van der Waals surface area contributed by atoms with E-state index in [0.29, 0.717) is 19.5 Å². The summed E-state index contributed by atoms with van der Waals surface area (Å²) in [5.41, 5.74) is 0. The van der Waals surface area contributed by atoms with Crippen LogP contribution in [-0.2, 0) is 14.6 Å². The van der Waals surface area contributed by atoms with E-state index in [1.165, 1.54) is 0 Å². The molecule has 5 nitrogen and oxygen atoms in total. The van der Waals surface area contributed by atoms with Crippen LogP contribution in [0, 0.1) is 0 Å². The normalized spacial score (nSPS) is 12.3. The fourth-order valence-electron chi connectivity index (χ4n) is 1.54. The van der Waals surface area contributed by atoms with Crippen molar-refractivity contribution in [2.45, 2.75) is 39.7 Å². The topological polar surface area (TPSA) is 74.7 Å². The maximum atomic E-state index is 11.6. The molecule has 0 bridgehead atoms. The summed E-state index contributed by atoms with van der Waals surface area (Å²) in [5.74, 6) is -0.539. The molecule has 0 aromatic rings. The van der Waals surface area contributed by atoms with Gasteiger partial charge in [-0.05, 0) is 20.3 Å². The number of carbonyl (C=O) groups is 1. The minimum Gasteiger partial charge on any atom is -0.481 e. The molecule has 0 amide bonds. The van der Waals surface area contributed by atoms with Crippen LogP contribution >= 0.6 is 0 Å². The van der Waals surface area contributed by atoms with Crippen LogP contribution < -0.4 is 0 Å². The number of nitrogens with zero attached hydrogens (tertiary/aromatic N) is 1. The Morgan fingerprint density at radius 2 is 1.82 bits per heavy atom. The van der Waals surface area contributed by atoms with Crippen LogP contribution in [0.3, 0.4) is 0 Å². The van der Waals surface area contributed by atoms with Gasteiger partial charge in [-0.3, -0.25) is 9.69 Å². The van der Waals surface area contributed by atoms with Gasteiger partial charge in [-0.15, -0.1) is 0 Å². The van der Waals surface area contributed by atoms with Crippen LogP contribution in [0.25, 0.3) is 0 Å². The molecule has 0 saturated carbocycles. The molecule has 17 heavy (non-hydrogen) atoms. The lowest BCUT2D eigenvalue weighted by Gasteiger charge is -2.25. The molecule has 0 aromatic heterocycles. The van der Waals surface area contributed by atoms with Gasteiger partial charge >= 0.3 is 5.97 Å². The van der Waals surface area contributed by atoms with Crippen molar-refractivity contribution in [2.75, 3.05) is 24.6 Å². The Kier molecular flexibility index (Phi) is 7.38. The van der Waals surface area contributed by atoms with Crippen molar-refractivity contribution in [2.24, 2.45) is 0 Å². The Labute approximate surface area is 104 Å². The molecule has 0 unspecified atom stereocenters. The summed E-state index contributed by atoms with van der Waals surface area (Å²) in [6.07, 6.45) is 0.672. The molecule has 6 heteroatoms. The quantitative estimate of drug-likeness (QED) is 0.673. The predicted octanol–water partition coefficient (Wildman–Crippen LogP) is 0.996. The lowest BCUT2D eigenvalue weighted by molar-refractivity contribution is -0.137. The Bertz CT molecular complexity index is 324. The third-order valence-corrected chi connectivity index (χ3v) is 4.38. The van der Waals surface area contributed by atoms with Crippen molar-refractivity contribution in [1.29, 1.82) is 0 Å². The van der Waals surface area contributed by atoms with Gasteiger partial charge in [-0.2, -0.15) is 0 Å². The van der Waals surface area contributed by atoms with Crippen LogP contribution in [0.2, 0.25) is 0 Å². The van der Waals surface area contributed by atoms with Gasteiger partial charge in [0.25, 0.3) is 0 Å². The number of hydrogen-bond acceptors (Lipinski definition) is 4. The predicted molar refractivity (Wildman–Crippen MR) is 67.9 cm³/mol. The number of rotatable bonds is 9. The maximum absolute atomic E-state index is 11.6. The van der Waals surface area contributed by atoms with E-state index in [0.717, 1.165) is 0 Å². The van der Waals surface area contributed by atoms with Crippen molar-refractivity contribution < 1.29 is 18.3 Å². The van der Waals surface area contributed by atoms with Gasteiger partial charge in [-0.1, -0.05) is 6.92 Å². The zero-order chi connectivity index (χ0) is 13.5. The Balaban J connectivity index is 4.22. The summed E-state index contributed by atoms with van der Waals surface area (Å²) < 4.78 is 23.1. The first kappa shape index (κ1) is 16.4. The van der Waals surface area contributed by atoms with E-state index in [-0.39, 0.29) is 24.0 Å². The van der Waals surface area contributed by atoms with Gasteiger partial charge in [0.05, 0.1) is 12.2 Å². The summed E-state index contributed by atoms with van der Waals surface area (Å²) in [6, 6.07) is 0.158. The highest BCUT2D eigenvalue weighted by atomic mass is 32.2. The number of sulfone groups is 1. The van der Waals surface area contributed by atoms with Gasteiger partial charge in [0.2, 0.25) is 0 Å². The number of carboxylic acid groups (broad SMARTS) is 1. The Hall–Kier alpha value is -0.620. The number of aliphatic carboxylic acids is 1. The maximum Gasteiger partial charge on any atom is 0.304 e. The number of carboxylic acids is 1. The SMILES string of the molecule is CCCS(=O)(=O)CCN(CCC(=O)O)C(C)C. The van der Waals surface area contributed by atoms with Crippen molar-refractivity contribution in [3.8, 4) is 0 Å². The van der Waals surface area contributed by atoms with Crippen molar-refractivity contribution in [3.63, 3.8) is 0 Å². The van der Waals surface area contributed by atoms with E-state index in [1.807, 2.05) is 25.7 Å². The minimum absolute atomic E-state index is 0.0476. The first-order chi connectivity index (χ1) is 7.78. The van der Waals surface area contributed by atoms with E-state index < -0.39 is 15.8 Å². The fourth-order valence-corrected chi connectivity index (χ4v) is 2.88. The first-order valence-corrected chi connectivity index (χ1v) is 7.77. The highest BCUT2D eigenvalue weighted by Crippen LogP contribution is 2.02. The second kappa shape index (κ2) is 7.66. The van der Waals surface area contributed by atoms with Crippen LogP contribution in [0.15, 0.2) is 0 Å². The van der Waals surface area contributed by atoms with Crippen molar-refractivity contribution in [3.05, 3.63) is 0 Å². The molecule has 102 valence electrons. The summed E-state index contributed by atoms with van der Waals surface area (Å²) in [4.78, 5) is 12.4. The largest absolute Gasteiger partial charge is 0.481 e. The molecular weight excluding hydrogens is 242 g/mol. The summed E-state index contributed by atoms with van der Waals surface area (Å²) in [6.45, 7) is 6.52. The van der Waals surface area contributed by atoms with Crippen LogP contribution in [0.1, 0.15) is 33.6 Å². The third-order valence-electron chi connectivity index (χ3n) is 2.55. The molecule has 0 radical (unpaired) electrons. The van der Waals surface area contributed by atoms with Gasteiger partial charge in [0.1, 0.15) is 0 Å². The summed E-state index contributed by atoms with van der Waals surface area (Å²) >= 11 is 0. The smallest absolute Gasteiger partial charge is 0.304 e. The first-order valence-electron chi connectivity index (χ1n) is 5.94. The molecular formula is C11H23NO4S. The highest BCUT2D eigenvalue weighted by Gasteiger charge is 2.15. The van der Waals surface area contributed by atoms with Crippen molar-refractivity contribution in [1.82, 2.24) is 4.90 Å². The minimum atomic E-state index is -2.99. The summed E-state index contributed by atoms with van der Waals surface area (Å²) in [5, 5.41) is 8.61. The zero-order valence-electron chi connectivity index (χ0n) is 10.8. The fraction of sp³-hybridized carbons (Fsp3) is 0.909. The molecule has 0 aliphatic rings. The second-order valence-corrected chi connectivity index (χ2v) is 6.73. The van der Waals surface area contributed by atoms with E-state index in [9.17, 15) is 13.2 Å². The molecule has 0 aliphatic carbocycles. The van der Waals surface area contributed by atoms with Gasteiger partial charge in [-0.25, -0.2) is 8.42 Å². The van der Waals surface area contributed by atoms with Gasteiger partial charge < -0.3 is 5.11 Å². The second-order valence-electron chi connectivity index (χ2n) is 4.43. The highest BCUT2D eigenvalue weighted by molar-refractivity contribution is 7.91. The van der Waals surface area contributed by atoms with E-state index in [2.05, 4.69) is 0 Å². The lowest BCUT2D eigenvalue weighted by Crippen LogP contribution is -2.37. The zero-order valence-corrected chi connectivity index (χ0v) is 11.7. The van der Waals surface area contributed by atoms with Crippen LogP contribution in [0.4, 0.5) is 0 Å². The standard InChI is InChI=1S/C11H23NO4S/c1-4-8-17(15,16)9-7-12(10(2)3)6-5-11(13)14/h10H,4-9H2,1-3H3,(H,13,14). The molecule has 0 saturated heterocycles. The molecule has 1 N–H and O–H groups in total. The molecule has 0 aromatic carbocycles. The van der Waals surface area contributed by atoms with Crippen LogP contribution in [0.5, 0.6) is 0 Å². The Morgan fingerprint density at radius 1 is 1.24 bits per heavy atom. The van der Waals surface area contributed by atoms with Crippen molar-refractivity contribution >= 4 is 15.8 Å². The van der Waals surface area contributed by atoms with E-state index >= 15 is 0 Å². The Morgan fingerprint density at radius 3 is 2.24 bits per heavy atom. The van der Waals surface area contributed by atoms with Gasteiger partial charge in [0, 0.05) is 24.9 Å². The summed E-state index contributed by atoms with van der Waals surface area (Å²) in [7, 11) is -2.99. The lowest BCUT2D eigenvalue weighted by atomic mass is 10.3. The molecule has 0 rings (SSSR count). The van der Waals surface area contributed by atoms with Gasteiger partial charge in [0.15, 0.2) is 9.84 Å². The third kappa shape index (κ3) is 8.15. The molecule has 0 fully saturated rings. The molecule has 0 heterocycles. The van der Waals surface area contributed by atoms with E-state index in [1.54, 1.807) is 0 Å². The van der Waals surface area contributed by atoms with Crippen LogP contribution in [-0.4, -0.2) is 55.0 Å². The molecule has 0 aliphatic heterocycles. The monoisotopic (exact) mass is 265 g/mol. The number of hydrogen-bond donors (Lipinski definition) is 1. The average molecular weight is 265 g/mol. The average Bonchev–Trinajstić information content (AvgIpc) is 2.16. The van der Waals surface area contributed by atoms with E-state index in [4.69, 9.17) is 5.11 Å².